The minimum absolute atomic E-state index is 0.0910. The number of aromatic nitrogens is 2. The van der Waals surface area contributed by atoms with Gasteiger partial charge in [-0.15, -0.1) is 5.73 Å². The average Bonchev–Trinajstić information content (AvgIpc) is 2.60. The van der Waals surface area contributed by atoms with Gasteiger partial charge >= 0.3 is 5.69 Å². The van der Waals surface area contributed by atoms with Gasteiger partial charge in [0.1, 0.15) is 5.56 Å². The summed E-state index contributed by atoms with van der Waals surface area (Å²) in [6.07, 6.45) is 2.97. The number of hydrogen-bond donors (Lipinski definition) is 2. The maximum atomic E-state index is 12.1. The Morgan fingerprint density at radius 3 is 2.40 bits per heavy atom. The highest BCUT2D eigenvalue weighted by molar-refractivity contribution is 6.32. The first-order valence-electron chi connectivity index (χ1n) is 7.38. The molecule has 0 saturated heterocycles. The summed E-state index contributed by atoms with van der Waals surface area (Å²) < 4.78 is 0.944. The van der Waals surface area contributed by atoms with Crippen LogP contribution in [0.4, 0.5) is 0 Å². The molecule has 0 saturated carbocycles. The number of aromatic hydroxyl groups is 1. The summed E-state index contributed by atoms with van der Waals surface area (Å²) in [7, 11) is 0. The molecule has 0 amide bonds. The number of nitrogens with zero attached hydrogens (tertiary/aromatic N) is 1. The van der Waals surface area contributed by atoms with Gasteiger partial charge in [-0.05, 0) is 29.8 Å². The maximum absolute atomic E-state index is 12.1. The molecule has 6 heteroatoms. The van der Waals surface area contributed by atoms with Crippen molar-refractivity contribution in [2.45, 2.75) is 0 Å². The summed E-state index contributed by atoms with van der Waals surface area (Å²) in [6, 6.07) is 15.9. The molecule has 5 nitrogen and oxygen atoms in total. The van der Waals surface area contributed by atoms with E-state index in [9.17, 15) is 14.7 Å². The molecule has 0 unspecified atom stereocenters. The lowest BCUT2D eigenvalue weighted by Crippen LogP contribution is -2.30. The maximum Gasteiger partial charge on any atom is 0.335 e. The van der Waals surface area contributed by atoms with E-state index >= 15 is 0 Å². The van der Waals surface area contributed by atoms with Crippen molar-refractivity contribution >= 4 is 23.8 Å². The number of rotatable bonds is 3. The van der Waals surface area contributed by atoms with E-state index in [2.05, 4.69) is 10.7 Å². The van der Waals surface area contributed by atoms with Crippen molar-refractivity contribution in [1.29, 1.82) is 0 Å². The van der Waals surface area contributed by atoms with Gasteiger partial charge in [-0.2, -0.15) is 0 Å². The van der Waals surface area contributed by atoms with Gasteiger partial charge in [0.25, 0.3) is 5.56 Å². The minimum atomic E-state index is -0.778. The van der Waals surface area contributed by atoms with Crippen molar-refractivity contribution in [2.75, 3.05) is 0 Å². The molecular formula is C19H13ClN2O3. The Morgan fingerprint density at radius 1 is 1.00 bits per heavy atom. The third-order valence-corrected chi connectivity index (χ3v) is 3.81. The summed E-state index contributed by atoms with van der Waals surface area (Å²) in [4.78, 5) is 26.3. The van der Waals surface area contributed by atoms with Crippen LogP contribution in [-0.2, 0) is 0 Å². The van der Waals surface area contributed by atoms with E-state index in [0.717, 1.165) is 10.1 Å². The molecule has 0 spiro atoms. The fraction of sp³-hybridized carbons (Fsp3) is 0. The van der Waals surface area contributed by atoms with Gasteiger partial charge in [0, 0.05) is 0 Å². The van der Waals surface area contributed by atoms with E-state index < -0.39 is 17.1 Å². The topological polar surface area (TPSA) is 75.1 Å². The van der Waals surface area contributed by atoms with E-state index in [1.54, 1.807) is 30.3 Å². The van der Waals surface area contributed by atoms with Crippen LogP contribution in [0.1, 0.15) is 11.1 Å². The highest BCUT2D eigenvalue weighted by Gasteiger charge is 2.15. The monoisotopic (exact) mass is 352 g/mol. The number of para-hydroxylation sites is 1. The van der Waals surface area contributed by atoms with Crippen molar-refractivity contribution in [1.82, 2.24) is 9.55 Å². The number of aromatic amines is 1. The summed E-state index contributed by atoms with van der Waals surface area (Å²) >= 11 is 6.08. The zero-order chi connectivity index (χ0) is 17.8. The normalized spacial score (nSPS) is 10.1. The highest BCUT2D eigenvalue weighted by Crippen LogP contribution is 2.23. The molecular weight excluding hydrogens is 340 g/mol. The van der Waals surface area contributed by atoms with E-state index in [1.165, 1.54) is 6.08 Å². The van der Waals surface area contributed by atoms with E-state index in [4.69, 9.17) is 11.6 Å². The molecule has 0 aliphatic heterocycles. The Labute approximate surface area is 147 Å². The van der Waals surface area contributed by atoms with Crippen molar-refractivity contribution in [3.05, 3.63) is 97.3 Å². The van der Waals surface area contributed by atoms with Crippen LogP contribution in [0.5, 0.6) is 5.88 Å². The van der Waals surface area contributed by atoms with Crippen LogP contribution in [-0.4, -0.2) is 14.7 Å². The Kier molecular flexibility index (Phi) is 4.70. The van der Waals surface area contributed by atoms with Crippen LogP contribution < -0.4 is 11.2 Å². The van der Waals surface area contributed by atoms with Gasteiger partial charge in [-0.1, -0.05) is 54.1 Å². The second-order valence-corrected chi connectivity index (χ2v) is 5.56. The second kappa shape index (κ2) is 7.09. The predicted octanol–water partition coefficient (Wildman–Crippen LogP) is 3.21. The van der Waals surface area contributed by atoms with Gasteiger partial charge in [0.05, 0.1) is 10.7 Å². The SMILES string of the molecule is O=c1[nH]c(=O)n(-c2ccccc2Cl)c(O)c1C=C=Cc1ccccc1. The molecule has 0 bridgehead atoms. The molecule has 0 radical (unpaired) electrons. The molecule has 0 aliphatic rings. The first kappa shape index (κ1) is 16.6. The number of nitrogens with one attached hydrogen (secondary N) is 1. The van der Waals surface area contributed by atoms with Crippen LogP contribution in [0.3, 0.4) is 0 Å². The molecule has 1 aromatic heterocycles. The van der Waals surface area contributed by atoms with E-state index in [0.29, 0.717) is 0 Å². The molecule has 25 heavy (non-hydrogen) atoms. The highest BCUT2D eigenvalue weighted by atomic mass is 35.5. The third-order valence-electron chi connectivity index (χ3n) is 3.49. The molecule has 1 heterocycles. The van der Waals surface area contributed by atoms with Gasteiger partial charge < -0.3 is 5.11 Å². The Hall–Kier alpha value is -3.27. The van der Waals surface area contributed by atoms with Crippen molar-refractivity contribution in [3.63, 3.8) is 0 Å². The lowest BCUT2D eigenvalue weighted by atomic mass is 10.2. The standard InChI is InChI=1S/C19H13ClN2O3/c20-15-11-4-5-12-16(15)22-18(24)14(17(23)21-19(22)25)10-6-9-13-7-2-1-3-8-13/h1-5,7-12,24H,(H,21,23,25). The average molecular weight is 353 g/mol. The minimum Gasteiger partial charge on any atom is -0.494 e. The zero-order valence-electron chi connectivity index (χ0n) is 12.9. The Balaban J connectivity index is 2.15. The first-order valence-corrected chi connectivity index (χ1v) is 7.76. The van der Waals surface area contributed by atoms with Crippen LogP contribution in [0.25, 0.3) is 17.8 Å². The van der Waals surface area contributed by atoms with Crippen molar-refractivity contribution in [2.24, 2.45) is 0 Å². The van der Waals surface area contributed by atoms with Crippen molar-refractivity contribution in [3.8, 4) is 11.6 Å². The molecule has 0 aliphatic carbocycles. The molecule has 3 aromatic rings. The molecule has 0 fully saturated rings. The number of benzene rings is 2. The number of halogens is 1. The third kappa shape index (κ3) is 3.48. The molecule has 124 valence electrons. The predicted molar refractivity (Wildman–Crippen MR) is 98.2 cm³/mol. The second-order valence-electron chi connectivity index (χ2n) is 5.15. The first-order chi connectivity index (χ1) is 12.1. The fourth-order valence-corrected chi connectivity index (χ4v) is 2.52. The largest absolute Gasteiger partial charge is 0.494 e. The van der Waals surface area contributed by atoms with Crippen LogP contribution >= 0.6 is 11.6 Å². The molecule has 2 aromatic carbocycles. The van der Waals surface area contributed by atoms with Gasteiger partial charge in [-0.3, -0.25) is 9.78 Å². The summed E-state index contributed by atoms with van der Waals surface area (Å²) in [5.41, 5.74) is 2.41. The molecule has 3 rings (SSSR count). The molecule has 0 atom stereocenters. The summed E-state index contributed by atoms with van der Waals surface area (Å²) in [5.74, 6) is -0.504. The lowest BCUT2D eigenvalue weighted by Gasteiger charge is -2.10. The summed E-state index contributed by atoms with van der Waals surface area (Å²) in [5, 5.41) is 10.7. The Morgan fingerprint density at radius 2 is 1.68 bits per heavy atom. The molecule has 2 N–H and O–H groups in total. The van der Waals surface area contributed by atoms with Gasteiger partial charge in [-0.25, -0.2) is 9.36 Å². The van der Waals surface area contributed by atoms with E-state index in [-0.39, 0.29) is 16.3 Å². The van der Waals surface area contributed by atoms with Gasteiger partial charge in [0.2, 0.25) is 5.88 Å². The zero-order valence-corrected chi connectivity index (χ0v) is 13.7. The van der Waals surface area contributed by atoms with Crippen LogP contribution in [0.15, 0.2) is 69.9 Å². The van der Waals surface area contributed by atoms with Crippen LogP contribution in [0, 0.1) is 0 Å². The smallest absolute Gasteiger partial charge is 0.335 e. The van der Waals surface area contributed by atoms with Gasteiger partial charge in [0.15, 0.2) is 0 Å². The van der Waals surface area contributed by atoms with E-state index in [1.807, 2.05) is 30.3 Å². The van der Waals surface area contributed by atoms with Crippen molar-refractivity contribution < 1.29 is 5.11 Å². The fourth-order valence-electron chi connectivity index (χ4n) is 2.30. The Bertz CT molecular complexity index is 1090. The summed E-state index contributed by atoms with van der Waals surface area (Å²) in [6.45, 7) is 0. The lowest BCUT2D eigenvalue weighted by molar-refractivity contribution is 0.429. The quantitative estimate of drug-likeness (QED) is 0.711. The van der Waals surface area contributed by atoms with Crippen LogP contribution in [0.2, 0.25) is 5.02 Å². The number of H-pyrrole nitrogens is 1. The number of hydrogen-bond acceptors (Lipinski definition) is 3.